The van der Waals surface area contributed by atoms with Crippen LogP contribution in [0.25, 0.3) is 0 Å². The SMILES string of the molecule is CN(C(=O)c1ccc(C#N)cc1)N(C(=O)c1ccc(C#N)cc1)C(C)(C)C. The molecular weight excluding hydrogens is 340 g/mol. The molecule has 0 N–H and O–H groups in total. The second-order valence-corrected chi connectivity index (χ2v) is 6.99. The van der Waals surface area contributed by atoms with Crippen LogP contribution in [0.15, 0.2) is 48.5 Å². The van der Waals surface area contributed by atoms with Gasteiger partial charge in [-0.1, -0.05) is 0 Å². The van der Waals surface area contributed by atoms with Crippen molar-refractivity contribution in [2.24, 2.45) is 0 Å². The van der Waals surface area contributed by atoms with Crippen LogP contribution in [0.1, 0.15) is 52.6 Å². The Morgan fingerprint density at radius 3 is 1.48 bits per heavy atom. The Balaban J connectivity index is 2.36. The van der Waals surface area contributed by atoms with E-state index in [1.807, 2.05) is 32.9 Å². The molecule has 0 spiro atoms. The summed E-state index contributed by atoms with van der Waals surface area (Å²) in [6, 6.07) is 16.5. The zero-order valence-electron chi connectivity index (χ0n) is 15.7. The van der Waals surface area contributed by atoms with E-state index >= 15 is 0 Å². The lowest BCUT2D eigenvalue weighted by atomic mass is 10.0. The van der Waals surface area contributed by atoms with Crippen molar-refractivity contribution in [1.82, 2.24) is 10.0 Å². The highest BCUT2D eigenvalue weighted by Crippen LogP contribution is 2.21. The fraction of sp³-hybridized carbons (Fsp3) is 0.238. The van der Waals surface area contributed by atoms with E-state index in [0.29, 0.717) is 22.3 Å². The molecule has 0 radical (unpaired) electrons. The number of carbonyl (C=O) groups is 2. The molecule has 0 fully saturated rings. The third-order valence-corrected chi connectivity index (χ3v) is 3.94. The average Bonchev–Trinajstić information content (AvgIpc) is 2.66. The van der Waals surface area contributed by atoms with E-state index in [9.17, 15) is 9.59 Å². The van der Waals surface area contributed by atoms with Crippen LogP contribution < -0.4 is 0 Å². The minimum atomic E-state index is -0.665. The Hall–Kier alpha value is -3.64. The number of rotatable bonds is 2. The normalized spacial score (nSPS) is 10.4. The standard InChI is InChI=1S/C21H20N4O2/c1-21(2,3)25(20(27)18-11-7-16(14-23)8-12-18)24(4)19(26)17-9-5-15(13-22)6-10-17/h5-12H,1-4H3. The van der Waals surface area contributed by atoms with E-state index in [2.05, 4.69) is 0 Å². The van der Waals surface area contributed by atoms with E-state index in [4.69, 9.17) is 10.5 Å². The lowest BCUT2D eigenvalue weighted by Gasteiger charge is -2.41. The number of hydrogen-bond acceptors (Lipinski definition) is 4. The summed E-state index contributed by atoms with van der Waals surface area (Å²) in [6.07, 6.45) is 0. The first-order valence-electron chi connectivity index (χ1n) is 8.32. The van der Waals surface area contributed by atoms with Gasteiger partial charge in [0, 0.05) is 18.2 Å². The van der Waals surface area contributed by atoms with Crippen molar-refractivity contribution in [1.29, 1.82) is 10.5 Å². The van der Waals surface area contributed by atoms with Crippen LogP contribution >= 0.6 is 0 Å². The molecule has 0 saturated heterocycles. The summed E-state index contributed by atoms with van der Waals surface area (Å²) < 4.78 is 0. The van der Waals surface area contributed by atoms with Crippen molar-refractivity contribution in [3.8, 4) is 12.1 Å². The summed E-state index contributed by atoms with van der Waals surface area (Å²) in [5, 5.41) is 20.5. The molecule has 2 aromatic carbocycles. The first-order chi connectivity index (χ1) is 12.7. The minimum absolute atomic E-state index is 0.350. The highest BCUT2D eigenvalue weighted by molar-refractivity contribution is 5.99. The first-order valence-corrected chi connectivity index (χ1v) is 8.32. The topological polar surface area (TPSA) is 88.2 Å². The van der Waals surface area contributed by atoms with E-state index in [0.717, 1.165) is 0 Å². The third kappa shape index (κ3) is 4.31. The van der Waals surface area contributed by atoms with Crippen LogP contribution in [0.3, 0.4) is 0 Å². The predicted molar refractivity (Wildman–Crippen MR) is 100 cm³/mol. The molecule has 6 heteroatoms. The van der Waals surface area contributed by atoms with E-state index in [1.54, 1.807) is 48.5 Å². The fourth-order valence-electron chi connectivity index (χ4n) is 2.67. The molecule has 2 aromatic rings. The molecule has 0 aliphatic heterocycles. The molecule has 136 valence electrons. The number of nitriles is 2. The van der Waals surface area contributed by atoms with E-state index < -0.39 is 5.54 Å². The lowest BCUT2D eigenvalue weighted by Crippen LogP contribution is -2.56. The number of hydrazine groups is 1. The largest absolute Gasteiger partial charge is 0.272 e. The average molecular weight is 360 g/mol. The first kappa shape index (κ1) is 19.7. The van der Waals surface area contributed by atoms with Crippen LogP contribution in [0.5, 0.6) is 0 Å². The van der Waals surface area contributed by atoms with Crippen molar-refractivity contribution in [3.05, 3.63) is 70.8 Å². The van der Waals surface area contributed by atoms with E-state index in [-0.39, 0.29) is 11.8 Å². The molecular formula is C21H20N4O2. The zero-order chi connectivity index (χ0) is 20.2. The molecule has 0 bridgehead atoms. The summed E-state index contributed by atoms with van der Waals surface area (Å²) >= 11 is 0. The van der Waals surface area contributed by atoms with E-state index in [1.165, 1.54) is 17.1 Å². The Morgan fingerprint density at radius 1 is 0.778 bits per heavy atom. The van der Waals surface area contributed by atoms with Crippen LogP contribution in [-0.2, 0) is 0 Å². The minimum Gasteiger partial charge on any atom is -0.267 e. The van der Waals surface area contributed by atoms with Gasteiger partial charge in [0.2, 0.25) is 0 Å². The maximum absolute atomic E-state index is 13.1. The molecule has 0 aromatic heterocycles. The number of carbonyl (C=O) groups excluding carboxylic acids is 2. The molecule has 0 heterocycles. The maximum Gasteiger partial charge on any atom is 0.272 e. The molecule has 0 atom stereocenters. The van der Waals surface area contributed by atoms with Gasteiger partial charge < -0.3 is 0 Å². The van der Waals surface area contributed by atoms with Crippen LogP contribution in [0, 0.1) is 22.7 Å². The number of hydrogen-bond donors (Lipinski definition) is 0. The Bertz CT molecular complexity index is 927. The second kappa shape index (κ2) is 7.72. The van der Waals surface area contributed by atoms with Gasteiger partial charge in [-0.25, -0.2) is 10.0 Å². The third-order valence-electron chi connectivity index (χ3n) is 3.94. The summed E-state index contributed by atoms with van der Waals surface area (Å²) in [5.74, 6) is -0.715. The highest BCUT2D eigenvalue weighted by atomic mass is 16.2. The van der Waals surface area contributed by atoms with Gasteiger partial charge in [-0.2, -0.15) is 10.5 Å². The molecule has 0 aliphatic carbocycles. The van der Waals surface area contributed by atoms with Gasteiger partial charge in [0.15, 0.2) is 0 Å². The number of amides is 2. The van der Waals surface area contributed by atoms with Crippen molar-refractivity contribution >= 4 is 11.8 Å². The number of nitrogens with zero attached hydrogens (tertiary/aromatic N) is 4. The molecule has 0 unspecified atom stereocenters. The fourth-order valence-corrected chi connectivity index (χ4v) is 2.67. The molecule has 2 amide bonds. The van der Waals surface area contributed by atoms with Crippen molar-refractivity contribution in [2.45, 2.75) is 26.3 Å². The summed E-state index contributed by atoms with van der Waals surface area (Å²) in [7, 11) is 1.54. The maximum atomic E-state index is 13.1. The van der Waals surface area contributed by atoms with Gasteiger partial charge in [-0.05, 0) is 69.3 Å². The molecule has 2 rings (SSSR count). The van der Waals surface area contributed by atoms with Crippen LogP contribution in [0.4, 0.5) is 0 Å². The smallest absolute Gasteiger partial charge is 0.267 e. The van der Waals surface area contributed by atoms with Crippen LogP contribution in [0.2, 0.25) is 0 Å². The monoisotopic (exact) mass is 360 g/mol. The van der Waals surface area contributed by atoms with Gasteiger partial charge in [0.1, 0.15) is 0 Å². The molecule has 0 aliphatic rings. The van der Waals surface area contributed by atoms with Gasteiger partial charge in [0.05, 0.1) is 28.8 Å². The summed E-state index contributed by atoms with van der Waals surface area (Å²) in [6.45, 7) is 5.49. The quantitative estimate of drug-likeness (QED) is 0.768. The second-order valence-electron chi connectivity index (χ2n) is 6.99. The Kier molecular flexibility index (Phi) is 5.63. The highest BCUT2D eigenvalue weighted by Gasteiger charge is 2.33. The predicted octanol–water partition coefficient (Wildman–Crippen LogP) is 3.36. The Labute approximate surface area is 158 Å². The van der Waals surface area contributed by atoms with Gasteiger partial charge in [-0.15, -0.1) is 0 Å². The van der Waals surface area contributed by atoms with Gasteiger partial charge >= 0.3 is 0 Å². The van der Waals surface area contributed by atoms with Crippen molar-refractivity contribution < 1.29 is 9.59 Å². The zero-order valence-corrected chi connectivity index (χ0v) is 15.7. The molecule has 27 heavy (non-hydrogen) atoms. The molecule has 0 saturated carbocycles. The van der Waals surface area contributed by atoms with Gasteiger partial charge in [-0.3, -0.25) is 9.59 Å². The summed E-state index contributed by atoms with van der Waals surface area (Å²) in [4.78, 5) is 25.9. The van der Waals surface area contributed by atoms with Crippen LogP contribution in [-0.4, -0.2) is 34.4 Å². The number of benzene rings is 2. The Morgan fingerprint density at radius 2 is 1.15 bits per heavy atom. The molecule has 6 nitrogen and oxygen atoms in total. The van der Waals surface area contributed by atoms with Crippen molar-refractivity contribution in [2.75, 3.05) is 7.05 Å². The lowest BCUT2D eigenvalue weighted by molar-refractivity contribution is -0.0308. The van der Waals surface area contributed by atoms with Gasteiger partial charge in [0.25, 0.3) is 11.8 Å². The van der Waals surface area contributed by atoms with Crippen molar-refractivity contribution in [3.63, 3.8) is 0 Å². The summed E-state index contributed by atoms with van der Waals surface area (Å²) in [5.41, 5.74) is 0.996.